The van der Waals surface area contributed by atoms with Crippen molar-refractivity contribution in [3.05, 3.63) is 36.4 Å². The Balaban J connectivity index is 2.48. The highest BCUT2D eigenvalue weighted by Crippen LogP contribution is 2.20. The summed E-state index contributed by atoms with van der Waals surface area (Å²) < 4.78 is 0. The van der Waals surface area contributed by atoms with Gasteiger partial charge in [-0.3, -0.25) is 0 Å². The van der Waals surface area contributed by atoms with Crippen molar-refractivity contribution in [2.24, 2.45) is 0 Å². The van der Waals surface area contributed by atoms with Crippen LogP contribution >= 0.6 is 0 Å². The van der Waals surface area contributed by atoms with Crippen LogP contribution in [-0.4, -0.2) is 24.1 Å². The van der Waals surface area contributed by atoms with Gasteiger partial charge in [0.2, 0.25) is 5.95 Å². The van der Waals surface area contributed by atoms with Gasteiger partial charge in [-0.25, -0.2) is 4.98 Å². The maximum atomic E-state index is 4.41. The van der Waals surface area contributed by atoms with Gasteiger partial charge >= 0.3 is 0 Å². The summed E-state index contributed by atoms with van der Waals surface area (Å²) in [5, 5.41) is 5.97. The number of aromatic nitrogens is 2. The fourth-order valence-electron chi connectivity index (χ4n) is 1.44. The van der Waals surface area contributed by atoms with Crippen molar-refractivity contribution in [3.63, 3.8) is 0 Å². The second-order valence-corrected chi connectivity index (χ2v) is 3.33. The quantitative estimate of drug-likeness (QED) is 0.822. The third-order valence-corrected chi connectivity index (χ3v) is 2.28. The summed E-state index contributed by atoms with van der Waals surface area (Å²) in [6, 6.07) is 12.0. The van der Waals surface area contributed by atoms with Gasteiger partial charge < -0.3 is 10.6 Å². The maximum Gasteiger partial charge on any atom is 0.224 e. The van der Waals surface area contributed by atoms with Crippen molar-refractivity contribution in [2.45, 2.75) is 0 Å². The van der Waals surface area contributed by atoms with E-state index in [1.165, 1.54) is 0 Å². The molecule has 0 unspecified atom stereocenters. The fourth-order valence-corrected chi connectivity index (χ4v) is 1.44. The molecule has 82 valence electrons. The number of hydrogen-bond donors (Lipinski definition) is 2. The van der Waals surface area contributed by atoms with E-state index in [9.17, 15) is 0 Å². The highest BCUT2D eigenvalue weighted by molar-refractivity contribution is 5.64. The summed E-state index contributed by atoms with van der Waals surface area (Å²) in [6.45, 7) is 0. The molecule has 0 atom stereocenters. The van der Waals surface area contributed by atoms with Gasteiger partial charge in [-0.2, -0.15) is 4.98 Å². The molecular formula is C12H14N4. The molecule has 0 amide bonds. The normalized spacial score (nSPS) is 9.88. The number of benzene rings is 1. The largest absolute Gasteiger partial charge is 0.373 e. The lowest BCUT2D eigenvalue weighted by Gasteiger charge is -2.07. The smallest absolute Gasteiger partial charge is 0.224 e. The molecular weight excluding hydrogens is 200 g/mol. The Morgan fingerprint density at radius 3 is 2.31 bits per heavy atom. The number of nitrogens with one attached hydrogen (secondary N) is 2. The molecule has 0 aliphatic rings. The molecule has 0 fully saturated rings. The predicted octanol–water partition coefficient (Wildman–Crippen LogP) is 2.23. The van der Waals surface area contributed by atoms with E-state index in [1.54, 1.807) is 0 Å². The summed E-state index contributed by atoms with van der Waals surface area (Å²) in [4.78, 5) is 8.67. The molecule has 1 aromatic carbocycles. The van der Waals surface area contributed by atoms with Crippen LogP contribution in [0.4, 0.5) is 11.8 Å². The Kier molecular flexibility index (Phi) is 3.00. The first kappa shape index (κ1) is 10.4. The molecule has 4 nitrogen and oxygen atoms in total. The molecule has 1 heterocycles. The Morgan fingerprint density at radius 2 is 1.69 bits per heavy atom. The third kappa shape index (κ3) is 2.11. The van der Waals surface area contributed by atoms with Crippen molar-refractivity contribution < 1.29 is 0 Å². The second kappa shape index (κ2) is 4.61. The zero-order valence-electron chi connectivity index (χ0n) is 9.36. The van der Waals surface area contributed by atoms with Crippen LogP contribution in [0.15, 0.2) is 36.4 Å². The summed E-state index contributed by atoms with van der Waals surface area (Å²) >= 11 is 0. The van der Waals surface area contributed by atoms with Gasteiger partial charge in [0.15, 0.2) is 0 Å². The van der Waals surface area contributed by atoms with Crippen molar-refractivity contribution in [3.8, 4) is 11.3 Å². The molecule has 0 saturated heterocycles. The summed E-state index contributed by atoms with van der Waals surface area (Å²) in [5.41, 5.74) is 1.99. The van der Waals surface area contributed by atoms with E-state index in [-0.39, 0.29) is 0 Å². The summed E-state index contributed by atoms with van der Waals surface area (Å²) in [5.74, 6) is 1.42. The Hall–Kier alpha value is -2.10. The highest BCUT2D eigenvalue weighted by atomic mass is 15.1. The van der Waals surface area contributed by atoms with E-state index in [2.05, 4.69) is 20.6 Å². The molecule has 1 aromatic heterocycles. The SMILES string of the molecule is CNc1cc(-c2ccccc2)nc(NC)n1. The first-order valence-electron chi connectivity index (χ1n) is 5.13. The van der Waals surface area contributed by atoms with Crippen molar-refractivity contribution in [2.75, 3.05) is 24.7 Å². The molecule has 0 aliphatic carbocycles. The average molecular weight is 214 g/mol. The van der Waals surface area contributed by atoms with Crippen molar-refractivity contribution in [1.82, 2.24) is 9.97 Å². The molecule has 0 spiro atoms. The van der Waals surface area contributed by atoms with E-state index in [4.69, 9.17) is 0 Å². The lowest BCUT2D eigenvalue weighted by molar-refractivity contribution is 1.15. The zero-order valence-corrected chi connectivity index (χ0v) is 9.36. The van der Waals surface area contributed by atoms with E-state index in [0.717, 1.165) is 17.1 Å². The number of anilines is 2. The Labute approximate surface area is 94.8 Å². The lowest BCUT2D eigenvalue weighted by atomic mass is 10.1. The predicted molar refractivity (Wildman–Crippen MR) is 66.6 cm³/mol. The van der Waals surface area contributed by atoms with Crippen LogP contribution in [0.25, 0.3) is 11.3 Å². The van der Waals surface area contributed by atoms with E-state index >= 15 is 0 Å². The van der Waals surface area contributed by atoms with Gasteiger partial charge in [-0.1, -0.05) is 30.3 Å². The minimum absolute atomic E-state index is 0.616. The lowest BCUT2D eigenvalue weighted by Crippen LogP contribution is -2.01. The Morgan fingerprint density at radius 1 is 0.938 bits per heavy atom. The monoisotopic (exact) mass is 214 g/mol. The van der Waals surface area contributed by atoms with Gasteiger partial charge in [-0.05, 0) is 0 Å². The topological polar surface area (TPSA) is 49.8 Å². The number of hydrogen-bond acceptors (Lipinski definition) is 4. The van der Waals surface area contributed by atoms with Gasteiger partial charge in [0.05, 0.1) is 5.69 Å². The molecule has 0 radical (unpaired) electrons. The second-order valence-electron chi connectivity index (χ2n) is 3.33. The van der Waals surface area contributed by atoms with Gasteiger partial charge in [0.25, 0.3) is 0 Å². The standard InChI is InChI=1S/C12H14N4/c1-13-11-8-10(15-12(14-2)16-11)9-6-4-3-5-7-9/h3-8H,1-2H3,(H2,13,14,15,16). The molecule has 0 saturated carbocycles. The Bertz CT molecular complexity index is 445. The highest BCUT2D eigenvalue weighted by Gasteiger charge is 2.03. The van der Waals surface area contributed by atoms with Crippen LogP contribution in [0.3, 0.4) is 0 Å². The van der Waals surface area contributed by atoms with Crippen molar-refractivity contribution >= 4 is 11.8 Å². The molecule has 2 N–H and O–H groups in total. The number of nitrogens with zero attached hydrogens (tertiary/aromatic N) is 2. The maximum absolute atomic E-state index is 4.41. The van der Waals surface area contributed by atoms with Crippen LogP contribution in [0.1, 0.15) is 0 Å². The van der Waals surface area contributed by atoms with Gasteiger partial charge in [0.1, 0.15) is 5.82 Å². The zero-order chi connectivity index (χ0) is 11.4. The third-order valence-electron chi connectivity index (χ3n) is 2.28. The first-order valence-corrected chi connectivity index (χ1v) is 5.13. The van der Waals surface area contributed by atoms with E-state index in [1.807, 2.05) is 50.5 Å². The molecule has 0 aliphatic heterocycles. The van der Waals surface area contributed by atoms with Gasteiger partial charge in [0, 0.05) is 25.7 Å². The molecule has 0 bridgehead atoms. The van der Waals surface area contributed by atoms with Crippen LogP contribution in [0.2, 0.25) is 0 Å². The van der Waals surface area contributed by atoms with Crippen LogP contribution in [0, 0.1) is 0 Å². The van der Waals surface area contributed by atoms with E-state index < -0.39 is 0 Å². The van der Waals surface area contributed by atoms with Crippen LogP contribution < -0.4 is 10.6 Å². The minimum atomic E-state index is 0.616. The van der Waals surface area contributed by atoms with Gasteiger partial charge in [-0.15, -0.1) is 0 Å². The van der Waals surface area contributed by atoms with Crippen LogP contribution in [-0.2, 0) is 0 Å². The molecule has 16 heavy (non-hydrogen) atoms. The number of rotatable bonds is 3. The molecule has 2 rings (SSSR count). The summed E-state index contributed by atoms with van der Waals surface area (Å²) in [7, 11) is 3.65. The molecule has 2 aromatic rings. The minimum Gasteiger partial charge on any atom is -0.373 e. The molecule has 4 heteroatoms. The van der Waals surface area contributed by atoms with Crippen LogP contribution in [0.5, 0.6) is 0 Å². The average Bonchev–Trinajstić information content (AvgIpc) is 2.39. The first-order chi connectivity index (χ1) is 7.83. The van der Waals surface area contributed by atoms with E-state index in [0.29, 0.717) is 5.95 Å². The summed E-state index contributed by atoms with van der Waals surface area (Å²) in [6.07, 6.45) is 0. The van der Waals surface area contributed by atoms with Crippen molar-refractivity contribution in [1.29, 1.82) is 0 Å². The fraction of sp³-hybridized carbons (Fsp3) is 0.167.